The van der Waals surface area contributed by atoms with Gasteiger partial charge in [0.2, 0.25) is 0 Å². The lowest BCUT2D eigenvalue weighted by atomic mass is 10.3. The van der Waals surface area contributed by atoms with E-state index in [1.807, 2.05) is 24.3 Å². The van der Waals surface area contributed by atoms with Gasteiger partial charge < -0.3 is 10.6 Å². The van der Waals surface area contributed by atoms with E-state index in [2.05, 4.69) is 36.3 Å². The Bertz CT molecular complexity index is 811. The van der Waals surface area contributed by atoms with Crippen molar-refractivity contribution >= 4 is 48.3 Å². The molecule has 0 unspecified atom stereocenters. The molecule has 1 amide bonds. The van der Waals surface area contributed by atoms with E-state index >= 15 is 0 Å². The normalized spacial score (nSPS) is 10.9. The standard InChI is InChI=1S/C14H15BrN4O3S/c1-2-17-14(20)23(21,22)19-13-9-16-7-6-12(13)18-11-5-3-4-10(15)8-11/h3-9,19H,2H2,1H3,(H,16,18)(H,17,20). The molecule has 1 aromatic carbocycles. The van der Waals surface area contributed by atoms with Crippen LogP contribution < -0.4 is 15.4 Å². The number of benzene rings is 1. The van der Waals surface area contributed by atoms with E-state index in [9.17, 15) is 13.2 Å². The van der Waals surface area contributed by atoms with Gasteiger partial charge in [0.1, 0.15) is 0 Å². The summed E-state index contributed by atoms with van der Waals surface area (Å²) in [6.45, 7) is 1.85. The maximum absolute atomic E-state index is 12.0. The molecule has 0 aliphatic heterocycles. The molecule has 0 fully saturated rings. The van der Waals surface area contributed by atoms with Crippen LogP contribution in [0.15, 0.2) is 47.2 Å². The summed E-state index contributed by atoms with van der Waals surface area (Å²) in [4.78, 5) is 15.5. The first-order valence-corrected chi connectivity index (χ1v) is 8.97. The summed E-state index contributed by atoms with van der Waals surface area (Å²) in [5.74, 6) is 0. The topological polar surface area (TPSA) is 100 Å². The first kappa shape index (κ1) is 17.2. The molecule has 23 heavy (non-hydrogen) atoms. The number of amides is 1. The molecule has 0 atom stereocenters. The van der Waals surface area contributed by atoms with Crippen molar-refractivity contribution in [2.45, 2.75) is 6.92 Å². The number of sulfonamides is 1. The fraction of sp³-hybridized carbons (Fsp3) is 0.143. The maximum Gasteiger partial charge on any atom is 0.356 e. The molecule has 1 aromatic heterocycles. The number of nitrogens with one attached hydrogen (secondary N) is 3. The molecule has 0 aliphatic carbocycles. The van der Waals surface area contributed by atoms with Crippen molar-refractivity contribution in [2.24, 2.45) is 0 Å². The molecule has 9 heteroatoms. The number of carbonyl (C=O) groups excluding carboxylic acids is 1. The van der Waals surface area contributed by atoms with Crippen LogP contribution in [0.25, 0.3) is 0 Å². The number of anilines is 3. The number of carbonyl (C=O) groups is 1. The van der Waals surface area contributed by atoms with E-state index < -0.39 is 15.3 Å². The number of hydrogen-bond donors (Lipinski definition) is 3. The predicted molar refractivity (Wildman–Crippen MR) is 93.3 cm³/mol. The van der Waals surface area contributed by atoms with Crippen LogP contribution in [0.1, 0.15) is 6.92 Å². The van der Waals surface area contributed by atoms with Gasteiger partial charge >= 0.3 is 15.3 Å². The molecule has 7 nitrogen and oxygen atoms in total. The van der Waals surface area contributed by atoms with Gasteiger partial charge in [0.25, 0.3) is 0 Å². The first-order valence-electron chi connectivity index (χ1n) is 6.69. The van der Waals surface area contributed by atoms with Gasteiger partial charge in [0.15, 0.2) is 0 Å². The van der Waals surface area contributed by atoms with Crippen LogP contribution in [0.2, 0.25) is 0 Å². The first-order chi connectivity index (χ1) is 10.9. The molecule has 0 saturated carbocycles. The number of pyridine rings is 1. The van der Waals surface area contributed by atoms with Crippen molar-refractivity contribution in [3.63, 3.8) is 0 Å². The van der Waals surface area contributed by atoms with Crippen molar-refractivity contribution in [1.82, 2.24) is 10.3 Å². The average molecular weight is 399 g/mol. The van der Waals surface area contributed by atoms with Gasteiger partial charge in [0.05, 0.1) is 17.6 Å². The van der Waals surface area contributed by atoms with Crippen LogP contribution in [0.3, 0.4) is 0 Å². The molecule has 2 rings (SSSR count). The smallest absolute Gasteiger partial charge is 0.354 e. The molecule has 3 N–H and O–H groups in total. The molecule has 2 aromatic rings. The Kier molecular flexibility index (Phi) is 5.56. The Labute approximate surface area is 142 Å². The largest absolute Gasteiger partial charge is 0.356 e. The number of nitrogens with zero attached hydrogens (tertiary/aromatic N) is 1. The zero-order chi connectivity index (χ0) is 16.9. The van der Waals surface area contributed by atoms with Crippen LogP contribution in [0, 0.1) is 0 Å². The van der Waals surface area contributed by atoms with Gasteiger partial charge in [-0.3, -0.25) is 14.5 Å². The van der Waals surface area contributed by atoms with Crippen LogP contribution in [-0.4, -0.2) is 25.2 Å². The van der Waals surface area contributed by atoms with E-state index in [-0.39, 0.29) is 12.2 Å². The van der Waals surface area contributed by atoms with Crippen LogP contribution in [0.4, 0.5) is 21.9 Å². The average Bonchev–Trinajstić information content (AvgIpc) is 2.49. The minimum Gasteiger partial charge on any atom is -0.354 e. The summed E-state index contributed by atoms with van der Waals surface area (Å²) in [7, 11) is -4.19. The van der Waals surface area contributed by atoms with E-state index in [0.29, 0.717) is 5.69 Å². The Morgan fingerprint density at radius 3 is 2.74 bits per heavy atom. The zero-order valence-corrected chi connectivity index (χ0v) is 14.6. The molecule has 0 radical (unpaired) electrons. The third kappa shape index (κ3) is 4.67. The summed E-state index contributed by atoms with van der Waals surface area (Å²) in [5, 5.41) is 4.24. The van der Waals surface area contributed by atoms with Crippen molar-refractivity contribution in [1.29, 1.82) is 0 Å². The Morgan fingerprint density at radius 2 is 2.04 bits per heavy atom. The Balaban J connectivity index is 2.26. The molecule has 0 saturated heterocycles. The highest BCUT2D eigenvalue weighted by Gasteiger charge is 2.22. The SMILES string of the molecule is CCNC(=O)S(=O)(=O)Nc1cnccc1Nc1cccc(Br)c1. The summed E-state index contributed by atoms with van der Waals surface area (Å²) in [6.07, 6.45) is 2.85. The number of halogens is 1. The van der Waals surface area contributed by atoms with E-state index in [1.54, 1.807) is 13.0 Å². The third-order valence-electron chi connectivity index (χ3n) is 2.73. The number of hydrogen-bond acceptors (Lipinski definition) is 5. The van der Waals surface area contributed by atoms with Gasteiger partial charge in [-0.2, -0.15) is 8.42 Å². The Hall–Kier alpha value is -2.13. The van der Waals surface area contributed by atoms with Crippen LogP contribution in [0.5, 0.6) is 0 Å². The summed E-state index contributed by atoms with van der Waals surface area (Å²) >= 11 is 3.36. The molecular formula is C14H15BrN4O3S. The van der Waals surface area contributed by atoms with Gasteiger partial charge in [-0.25, -0.2) is 0 Å². The summed E-state index contributed by atoms with van der Waals surface area (Å²) in [6, 6.07) is 8.98. The van der Waals surface area contributed by atoms with Gasteiger partial charge in [-0.05, 0) is 31.2 Å². The molecule has 122 valence electrons. The zero-order valence-electron chi connectivity index (χ0n) is 12.2. The van der Waals surface area contributed by atoms with Crippen molar-refractivity contribution in [3.8, 4) is 0 Å². The second-order valence-electron chi connectivity index (χ2n) is 4.48. The molecule has 0 bridgehead atoms. The van der Waals surface area contributed by atoms with Crippen LogP contribution in [-0.2, 0) is 10.0 Å². The Morgan fingerprint density at radius 1 is 1.26 bits per heavy atom. The number of rotatable bonds is 5. The fourth-order valence-corrected chi connectivity index (χ4v) is 3.02. The van der Waals surface area contributed by atoms with E-state index in [4.69, 9.17) is 0 Å². The maximum atomic E-state index is 12.0. The number of aromatic nitrogens is 1. The summed E-state index contributed by atoms with van der Waals surface area (Å²) < 4.78 is 27.0. The quantitative estimate of drug-likeness (QED) is 0.718. The van der Waals surface area contributed by atoms with E-state index in [0.717, 1.165) is 10.2 Å². The minimum absolute atomic E-state index is 0.179. The highest BCUT2D eigenvalue weighted by atomic mass is 79.9. The third-order valence-corrected chi connectivity index (χ3v) is 4.35. The summed E-state index contributed by atoms with van der Waals surface area (Å²) in [5.41, 5.74) is 1.41. The van der Waals surface area contributed by atoms with Crippen LogP contribution >= 0.6 is 15.9 Å². The molecule has 0 aliphatic rings. The lowest BCUT2D eigenvalue weighted by Crippen LogP contribution is -2.33. The molecule has 1 heterocycles. The second-order valence-corrected chi connectivity index (χ2v) is 6.98. The van der Waals surface area contributed by atoms with E-state index in [1.165, 1.54) is 12.4 Å². The van der Waals surface area contributed by atoms with Gasteiger partial charge in [-0.15, -0.1) is 0 Å². The second kappa shape index (κ2) is 7.42. The lowest BCUT2D eigenvalue weighted by molar-refractivity contribution is 0.259. The van der Waals surface area contributed by atoms with Crippen molar-refractivity contribution in [2.75, 3.05) is 16.6 Å². The monoisotopic (exact) mass is 398 g/mol. The minimum atomic E-state index is -4.19. The highest BCUT2D eigenvalue weighted by molar-refractivity contribution is 9.10. The molecular weight excluding hydrogens is 384 g/mol. The van der Waals surface area contributed by atoms with Crippen molar-refractivity contribution < 1.29 is 13.2 Å². The lowest BCUT2D eigenvalue weighted by Gasteiger charge is -2.13. The molecule has 0 spiro atoms. The van der Waals surface area contributed by atoms with Gasteiger partial charge in [-0.1, -0.05) is 22.0 Å². The highest BCUT2D eigenvalue weighted by Crippen LogP contribution is 2.26. The van der Waals surface area contributed by atoms with Crippen molar-refractivity contribution in [3.05, 3.63) is 47.2 Å². The van der Waals surface area contributed by atoms with Gasteiger partial charge in [0, 0.05) is 22.9 Å². The fourth-order valence-electron chi connectivity index (χ4n) is 1.74. The predicted octanol–water partition coefficient (Wildman–Crippen LogP) is 3.06.